The van der Waals surface area contributed by atoms with Gasteiger partial charge in [-0.2, -0.15) is 0 Å². The summed E-state index contributed by atoms with van der Waals surface area (Å²) < 4.78 is 38.0. The molecule has 33 heavy (non-hydrogen) atoms. The van der Waals surface area contributed by atoms with E-state index in [9.17, 15) is 9.59 Å². The average molecular weight is 458 g/mol. The van der Waals surface area contributed by atoms with Crippen LogP contribution < -0.4 is 23.7 Å². The first kappa shape index (κ1) is 23.8. The lowest BCUT2D eigenvalue weighted by Gasteiger charge is -2.20. The summed E-state index contributed by atoms with van der Waals surface area (Å²) in [6.45, 7) is 2.55. The van der Waals surface area contributed by atoms with E-state index in [-0.39, 0.29) is 20.0 Å². The fourth-order valence-corrected chi connectivity index (χ4v) is 3.42. The van der Waals surface area contributed by atoms with Crippen LogP contribution in [0.15, 0.2) is 35.9 Å². The number of carbonyl (C=O) groups excluding carboxylic acids is 2. The maximum Gasteiger partial charge on any atom is 0.302 e. The van der Waals surface area contributed by atoms with E-state index in [1.54, 1.807) is 18.2 Å². The third-order valence-corrected chi connectivity index (χ3v) is 4.87. The zero-order valence-corrected chi connectivity index (χ0v) is 19.2. The molecule has 1 heterocycles. The molecule has 0 saturated carbocycles. The number of rotatable bonds is 9. The quantitative estimate of drug-likeness (QED) is 0.524. The molecule has 3 rings (SSSR count). The van der Waals surface area contributed by atoms with Gasteiger partial charge in [-0.25, -0.2) is 0 Å². The number of benzene rings is 2. The molecule has 0 unspecified atom stereocenters. The molecule has 0 aromatic heterocycles. The van der Waals surface area contributed by atoms with E-state index in [0.29, 0.717) is 45.5 Å². The van der Waals surface area contributed by atoms with Gasteiger partial charge in [-0.3, -0.25) is 9.59 Å². The Hall–Kier alpha value is -3.88. The lowest BCUT2D eigenvalue weighted by atomic mass is 9.92. The summed E-state index contributed by atoms with van der Waals surface area (Å²) in [5.41, 5.74) is 2.59. The standard InChI is InChI=1S/C24H26O9/c1-14(25)30-11-18(12-31-15(2)26)23(16-6-7-19-20(8-16)33-13-32-19)17-9-21(27-3)24(29-5)22(10-17)28-4/h6-10H,11-13H2,1-5H3. The molecule has 0 N–H and O–H groups in total. The fraction of sp³-hybridized carbons (Fsp3) is 0.333. The second kappa shape index (κ2) is 10.6. The van der Waals surface area contributed by atoms with Gasteiger partial charge in [0.1, 0.15) is 13.2 Å². The highest BCUT2D eigenvalue weighted by molar-refractivity contribution is 5.86. The van der Waals surface area contributed by atoms with Gasteiger partial charge in [-0.1, -0.05) is 6.07 Å². The fourth-order valence-electron chi connectivity index (χ4n) is 3.42. The monoisotopic (exact) mass is 458 g/mol. The summed E-state index contributed by atoms with van der Waals surface area (Å²) in [5.74, 6) is 1.54. The number of hydrogen-bond acceptors (Lipinski definition) is 9. The van der Waals surface area contributed by atoms with Gasteiger partial charge >= 0.3 is 11.9 Å². The third kappa shape index (κ3) is 5.49. The Morgan fingerprint density at radius 2 is 1.36 bits per heavy atom. The smallest absolute Gasteiger partial charge is 0.302 e. The molecule has 9 heteroatoms. The van der Waals surface area contributed by atoms with Crippen LogP contribution >= 0.6 is 0 Å². The molecule has 0 fully saturated rings. The van der Waals surface area contributed by atoms with E-state index in [4.69, 9.17) is 33.2 Å². The molecule has 0 aliphatic carbocycles. The highest BCUT2D eigenvalue weighted by atomic mass is 16.7. The Labute approximate surface area is 191 Å². The SMILES string of the molecule is COc1cc(C(=C(COC(C)=O)COC(C)=O)c2ccc3c(c2)OCO3)cc(OC)c1OC. The van der Waals surface area contributed by atoms with Crippen molar-refractivity contribution in [2.24, 2.45) is 0 Å². The van der Waals surface area contributed by atoms with Crippen molar-refractivity contribution >= 4 is 17.5 Å². The first-order valence-corrected chi connectivity index (χ1v) is 10.1. The van der Waals surface area contributed by atoms with Crippen molar-refractivity contribution in [3.8, 4) is 28.7 Å². The van der Waals surface area contributed by atoms with Crippen molar-refractivity contribution in [3.63, 3.8) is 0 Å². The first-order chi connectivity index (χ1) is 15.9. The number of ether oxygens (including phenoxy) is 7. The second-order valence-electron chi connectivity index (χ2n) is 7.02. The Morgan fingerprint density at radius 1 is 0.788 bits per heavy atom. The maximum absolute atomic E-state index is 11.6. The summed E-state index contributed by atoms with van der Waals surface area (Å²) in [6.07, 6.45) is 0. The normalized spacial score (nSPS) is 11.4. The van der Waals surface area contributed by atoms with Gasteiger partial charge < -0.3 is 33.2 Å². The summed E-state index contributed by atoms with van der Waals surface area (Å²) in [4.78, 5) is 23.1. The second-order valence-corrected chi connectivity index (χ2v) is 7.02. The van der Waals surface area contributed by atoms with Crippen LogP contribution in [0.4, 0.5) is 0 Å². The van der Waals surface area contributed by atoms with Crippen LogP contribution in [-0.4, -0.2) is 53.3 Å². The summed E-state index contributed by atoms with van der Waals surface area (Å²) in [7, 11) is 4.55. The predicted octanol–water partition coefficient (Wildman–Crippen LogP) is 3.37. The number of fused-ring (bicyclic) bond motifs is 1. The van der Waals surface area contributed by atoms with Crippen LogP contribution in [0.3, 0.4) is 0 Å². The van der Waals surface area contributed by atoms with E-state index in [1.807, 2.05) is 12.1 Å². The van der Waals surface area contributed by atoms with Gasteiger partial charge in [-0.15, -0.1) is 0 Å². The first-order valence-electron chi connectivity index (χ1n) is 10.1. The molecule has 176 valence electrons. The molecule has 0 saturated heterocycles. The summed E-state index contributed by atoms with van der Waals surface area (Å²) in [5, 5.41) is 0. The van der Waals surface area contributed by atoms with Crippen LogP contribution in [0.5, 0.6) is 28.7 Å². The van der Waals surface area contributed by atoms with Gasteiger partial charge in [-0.05, 0) is 41.0 Å². The van der Waals surface area contributed by atoms with Gasteiger partial charge in [0.25, 0.3) is 0 Å². The molecule has 0 atom stereocenters. The van der Waals surface area contributed by atoms with Crippen LogP contribution in [-0.2, 0) is 19.1 Å². The Bertz CT molecular complexity index is 1030. The highest BCUT2D eigenvalue weighted by Gasteiger charge is 2.22. The van der Waals surface area contributed by atoms with Crippen LogP contribution in [0.2, 0.25) is 0 Å². The zero-order valence-electron chi connectivity index (χ0n) is 19.2. The minimum absolute atomic E-state index is 0.0942. The van der Waals surface area contributed by atoms with Gasteiger partial charge in [0.2, 0.25) is 12.5 Å². The van der Waals surface area contributed by atoms with E-state index >= 15 is 0 Å². The van der Waals surface area contributed by atoms with Crippen LogP contribution in [0, 0.1) is 0 Å². The largest absolute Gasteiger partial charge is 0.493 e. The van der Waals surface area contributed by atoms with Crippen LogP contribution in [0.1, 0.15) is 25.0 Å². The average Bonchev–Trinajstić information content (AvgIpc) is 3.27. The number of carbonyl (C=O) groups is 2. The molecule has 0 spiro atoms. The van der Waals surface area contributed by atoms with Crippen molar-refractivity contribution in [2.45, 2.75) is 13.8 Å². The highest BCUT2D eigenvalue weighted by Crippen LogP contribution is 2.43. The minimum atomic E-state index is -0.467. The molecule has 2 aromatic carbocycles. The maximum atomic E-state index is 11.6. The van der Waals surface area contributed by atoms with Crippen molar-refractivity contribution in [3.05, 3.63) is 47.0 Å². The van der Waals surface area contributed by atoms with Gasteiger partial charge in [0, 0.05) is 19.4 Å². The topological polar surface area (TPSA) is 98.8 Å². The molecular formula is C24H26O9. The Kier molecular flexibility index (Phi) is 7.66. The third-order valence-electron chi connectivity index (χ3n) is 4.87. The molecule has 1 aliphatic heterocycles. The van der Waals surface area contributed by atoms with Gasteiger partial charge in [0.15, 0.2) is 23.0 Å². The molecule has 0 bridgehead atoms. The molecule has 0 radical (unpaired) electrons. The van der Waals surface area contributed by atoms with E-state index in [0.717, 1.165) is 5.56 Å². The van der Waals surface area contributed by atoms with Crippen LogP contribution in [0.25, 0.3) is 5.57 Å². The number of hydrogen-bond donors (Lipinski definition) is 0. The zero-order chi connectivity index (χ0) is 24.0. The van der Waals surface area contributed by atoms with Crippen molar-refractivity contribution < 1.29 is 42.7 Å². The molecule has 1 aliphatic rings. The number of esters is 2. The summed E-state index contributed by atoms with van der Waals surface area (Å²) in [6, 6.07) is 8.96. The Morgan fingerprint density at radius 3 is 1.88 bits per heavy atom. The van der Waals surface area contributed by atoms with E-state index in [1.165, 1.54) is 35.2 Å². The van der Waals surface area contributed by atoms with E-state index < -0.39 is 11.9 Å². The molecule has 0 amide bonds. The van der Waals surface area contributed by atoms with E-state index in [2.05, 4.69) is 0 Å². The number of methoxy groups -OCH3 is 3. The minimum Gasteiger partial charge on any atom is -0.493 e. The van der Waals surface area contributed by atoms with Crippen molar-refractivity contribution in [1.82, 2.24) is 0 Å². The predicted molar refractivity (Wildman–Crippen MR) is 118 cm³/mol. The molecular weight excluding hydrogens is 432 g/mol. The lowest BCUT2D eigenvalue weighted by molar-refractivity contribution is -0.141. The Balaban J connectivity index is 2.26. The van der Waals surface area contributed by atoms with Crippen molar-refractivity contribution in [1.29, 1.82) is 0 Å². The summed E-state index contributed by atoms with van der Waals surface area (Å²) >= 11 is 0. The van der Waals surface area contributed by atoms with Gasteiger partial charge in [0.05, 0.1) is 21.3 Å². The lowest BCUT2D eigenvalue weighted by Crippen LogP contribution is -2.13. The van der Waals surface area contributed by atoms with Crippen molar-refractivity contribution in [2.75, 3.05) is 41.3 Å². The molecule has 2 aromatic rings. The molecule has 9 nitrogen and oxygen atoms in total.